The van der Waals surface area contributed by atoms with E-state index in [0.717, 1.165) is 11.3 Å². The van der Waals surface area contributed by atoms with Gasteiger partial charge in [0.15, 0.2) is 0 Å². The molecule has 1 aliphatic heterocycles. The summed E-state index contributed by atoms with van der Waals surface area (Å²) in [5.74, 6) is -0.922. The van der Waals surface area contributed by atoms with E-state index in [1.807, 2.05) is 37.3 Å². The Morgan fingerprint density at radius 1 is 0.944 bits per heavy atom. The largest absolute Gasteiger partial charge is 0.304 e. The summed E-state index contributed by atoms with van der Waals surface area (Å²) in [5, 5.41) is 0. The molecular weight excluding hydrogens is 226 g/mol. The number of fused-ring (bicyclic) bond motifs is 1. The number of para-hydroxylation sites is 1. The summed E-state index contributed by atoms with van der Waals surface area (Å²) in [7, 11) is 0. The summed E-state index contributed by atoms with van der Waals surface area (Å²) in [6, 6.07) is 14.6. The number of aryl methyl sites for hydroxylation is 1. The lowest BCUT2D eigenvalue weighted by atomic mass is 10.1. The Kier molecular flexibility index (Phi) is 2.27. The highest BCUT2D eigenvalue weighted by Crippen LogP contribution is 2.35. The first kappa shape index (κ1) is 10.7. The van der Waals surface area contributed by atoms with Crippen LogP contribution in [-0.2, 0) is 4.79 Å². The van der Waals surface area contributed by atoms with Crippen LogP contribution in [0.4, 0.5) is 11.4 Å². The Morgan fingerprint density at radius 3 is 2.50 bits per heavy atom. The number of hydrogen-bond donors (Lipinski definition) is 0. The lowest BCUT2D eigenvalue weighted by Crippen LogP contribution is -2.24. The fraction of sp³-hybridized carbons (Fsp3) is 0.0667. The van der Waals surface area contributed by atoms with Gasteiger partial charge in [0.1, 0.15) is 0 Å². The van der Waals surface area contributed by atoms with Crippen LogP contribution in [0.25, 0.3) is 0 Å². The third kappa shape index (κ3) is 1.44. The molecule has 18 heavy (non-hydrogen) atoms. The van der Waals surface area contributed by atoms with Gasteiger partial charge >= 0.3 is 5.91 Å². The Hall–Kier alpha value is -2.42. The van der Waals surface area contributed by atoms with Crippen LogP contribution < -0.4 is 4.90 Å². The average molecular weight is 237 g/mol. The molecular formula is C15H11NO2. The van der Waals surface area contributed by atoms with Crippen LogP contribution in [0.5, 0.6) is 0 Å². The van der Waals surface area contributed by atoms with Crippen molar-refractivity contribution in [2.24, 2.45) is 0 Å². The topological polar surface area (TPSA) is 37.4 Å². The molecule has 2 aromatic rings. The minimum Gasteiger partial charge on any atom is -0.283 e. The molecule has 1 amide bonds. The van der Waals surface area contributed by atoms with Gasteiger partial charge in [-0.3, -0.25) is 14.5 Å². The van der Waals surface area contributed by atoms with Crippen molar-refractivity contribution >= 4 is 23.1 Å². The van der Waals surface area contributed by atoms with E-state index in [1.54, 1.807) is 18.2 Å². The third-order valence-electron chi connectivity index (χ3n) is 3.05. The molecule has 0 bridgehead atoms. The molecule has 3 rings (SSSR count). The number of Topliss-reactive ketones (excluding diaryl/α,β-unsaturated/α-hetero) is 1. The van der Waals surface area contributed by atoms with E-state index in [9.17, 15) is 9.59 Å². The van der Waals surface area contributed by atoms with Gasteiger partial charge in [0.25, 0.3) is 5.78 Å². The van der Waals surface area contributed by atoms with Gasteiger partial charge in [-0.05, 0) is 36.8 Å². The van der Waals surface area contributed by atoms with Crippen LogP contribution in [0.1, 0.15) is 15.9 Å². The van der Waals surface area contributed by atoms with Crippen LogP contribution in [-0.4, -0.2) is 11.7 Å². The zero-order chi connectivity index (χ0) is 12.7. The Balaban J connectivity index is 2.19. The predicted molar refractivity (Wildman–Crippen MR) is 69.1 cm³/mol. The second kappa shape index (κ2) is 3.81. The fourth-order valence-electron chi connectivity index (χ4n) is 2.21. The van der Waals surface area contributed by atoms with E-state index in [2.05, 4.69) is 0 Å². The Morgan fingerprint density at radius 2 is 1.72 bits per heavy atom. The SMILES string of the molecule is Cc1cccc(N2C(=O)C(=O)c3ccccc32)c1. The second-order valence-electron chi connectivity index (χ2n) is 4.33. The molecule has 1 heterocycles. The number of carbonyl (C=O) groups excluding carboxylic acids is 2. The van der Waals surface area contributed by atoms with Gasteiger partial charge < -0.3 is 0 Å². The molecule has 3 nitrogen and oxygen atoms in total. The van der Waals surface area contributed by atoms with E-state index in [1.165, 1.54) is 4.90 Å². The number of rotatable bonds is 1. The van der Waals surface area contributed by atoms with Crippen molar-refractivity contribution in [1.29, 1.82) is 0 Å². The summed E-state index contributed by atoms with van der Waals surface area (Å²) in [6.45, 7) is 1.96. The number of hydrogen-bond acceptors (Lipinski definition) is 2. The van der Waals surface area contributed by atoms with Crippen molar-refractivity contribution in [2.45, 2.75) is 6.92 Å². The zero-order valence-corrected chi connectivity index (χ0v) is 9.88. The molecule has 0 aromatic heterocycles. The molecule has 2 aromatic carbocycles. The summed E-state index contributed by atoms with van der Waals surface area (Å²) in [5.41, 5.74) is 2.93. The molecule has 0 radical (unpaired) electrons. The van der Waals surface area contributed by atoms with Gasteiger partial charge in [-0.15, -0.1) is 0 Å². The maximum absolute atomic E-state index is 12.1. The van der Waals surface area contributed by atoms with Gasteiger partial charge in [0.2, 0.25) is 0 Å². The summed E-state index contributed by atoms with van der Waals surface area (Å²) < 4.78 is 0. The number of benzene rings is 2. The number of ketones is 1. The number of carbonyl (C=O) groups is 2. The third-order valence-corrected chi connectivity index (χ3v) is 3.05. The van der Waals surface area contributed by atoms with E-state index >= 15 is 0 Å². The van der Waals surface area contributed by atoms with Gasteiger partial charge in [-0.2, -0.15) is 0 Å². The molecule has 0 spiro atoms. The minimum atomic E-state index is -0.484. The van der Waals surface area contributed by atoms with Crippen LogP contribution in [0.3, 0.4) is 0 Å². The standard InChI is InChI=1S/C15H11NO2/c1-10-5-4-6-11(9-10)16-13-8-3-2-7-12(13)14(17)15(16)18/h2-9H,1H3. The fourth-order valence-corrected chi connectivity index (χ4v) is 2.21. The Labute approximate surface area is 105 Å². The smallest absolute Gasteiger partial charge is 0.283 e. The lowest BCUT2D eigenvalue weighted by Gasteiger charge is -2.16. The van der Waals surface area contributed by atoms with Crippen LogP contribution in [0.15, 0.2) is 48.5 Å². The first-order valence-corrected chi connectivity index (χ1v) is 5.73. The van der Waals surface area contributed by atoms with Gasteiger partial charge in [0, 0.05) is 5.69 Å². The Bertz CT molecular complexity index is 661. The molecule has 0 saturated carbocycles. The number of anilines is 2. The summed E-state index contributed by atoms with van der Waals surface area (Å²) in [4.78, 5) is 25.4. The lowest BCUT2D eigenvalue weighted by molar-refractivity contribution is -0.113. The van der Waals surface area contributed by atoms with E-state index in [4.69, 9.17) is 0 Å². The maximum Gasteiger partial charge on any atom is 0.304 e. The molecule has 0 fully saturated rings. The van der Waals surface area contributed by atoms with Crippen LogP contribution in [0.2, 0.25) is 0 Å². The normalized spacial score (nSPS) is 13.9. The average Bonchev–Trinajstić information content (AvgIpc) is 2.63. The summed E-state index contributed by atoms with van der Waals surface area (Å²) >= 11 is 0. The van der Waals surface area contributed by atoms with Crippen LogP contribution in [0, 0.1) is 6.92 Å². The molecule has 0 unspecified atom stereocenters. The van der Waals surface area contributed by atoms with Crippen molar-refractivity contribution in [1.82, 2.24) is 0 Å². The molecule has 0 aliphatic carbocycles. The van der Waals surface area contributed by atoms with Gasteiger partial charge in [0.05, 0.1) is 11.3 Å². The zero-order valence-electron chi connectivity index (χ0n) is 9.88. The molecule has 88 valence electrons. The molecule has 0 saturated heterocycles. The second-order valence-corrected chi connectivity index (χ2v) is 4.33. The van der Waals surface area contributed by atoms with Crippen molar-refractivity contribution in [2.75, 3.05) is 4.90 Å². The van der Waals surface area contributed by atoms with Gasteiger partial charge in [-0.25, -0.2) is 0 Å². The van der Waals surface area contributed by atoms with Crippen LogP contribution >= 0.6 is 0 Å². The molecule has 0 N–H and O–H groups in total. The molecule has 0 atom stereocenters. The van der Waals surface area contributed by atoms with Crippen molar-refractivity contribution < 1.29 is 9.59 Å². The first-order chi connectivity index (χ1) is 8.68. The first-order valence-electron chi connectivity index (χ1n) is 5.73. The quantitative estimate of drug-likeness (QED) is 0.715. The van der Waals surface area contributed by atoms with Crippen molar-refractivity contribution in [3.8, 4) is 0 Å². The molecule has 1 aliphatic rings. The number of amides is 1. The number of nitrogens with zero attached hydrogens (tertiary/aromatic N) is 1. The van der Waals surface area contributed by atoms with E-state index in [0.29, 0.717) is 11.3 Å². The summed E-state index contributed by atoms with van der Waals surface area (Å²) in [6.07, 6.45) is 0. The molecule has 3 heteroatoms. The maximum atomic E-state index is 12.1. The highest BCUT2D eigenvalue weighted by Gasteiger charge is 2.36. The highest BCUT2D eigenvalue weighted by atomic mass is 16.2. The minimum absolute atomic E-state index is 0.438. The monoisotopic (exact) mass is 237 g/mol. The van der Waals surface area contributed by atoms with Crippen molar-refractivity contribution in [3.63, 3.8) is 0 Å². The van der Waals surface area contributed by atoms with Crippen molar-refractivity contribution in [3.05, 3.63) is 59.7 Å². The highest BCUT2D eigenvalue weighted by molar-refractivity contribution is 6.53. The van der Waals surface area contributed by atoms with Gasteiger partial charge in [-0.1, -0.05) is 24.3 Å². The van der Waals surface area contributed by atoms with E-state index in [-0.39, 0.29) is 0 Å². The van der Waals surface area contributed by atoms with E-state index < -0.39 is 11.7 Å². The predicted octanol–water partition coefficient (Wildman–Crippen LogP) is 2.86.